The van der Waals surface area contributed by atoms with E-state index in [0.717, 1.165) is 0 Å². The monoisotopic (exact) mass is 348 g/mol. The molecule has 0 saturated heterocycles. The summed E-state index contributed by atoms with van der Waals surface area (Å²) in [5, 5.41) is 14.1. The van der Waals surface area contributed by atoms with Crippen molar-refractivity contribution in [1.82, 2.24) is 0 Å². The first-order valence-electron chi connectivity index (χ1n) is 7.21. The van der Waals surface area contributed by atoms with Gasteiger partial charge in [-0.15, -0.1) is 0 Å². The summed E-state index contributed by atoms with van der Waals surface area (Å²) < 4.78 is 5.28. The van der Waals surface area contributed by atoms with E-state index in [0.29, 0.717) is 11.3 Å². The van der Waals surface area contributed by atoms with Gasteiger partial charge in [0.15, 0.2) is 0 Å². The molecule has 126 valence electrons. The smallest absolute Gasteiger partial charge is 0.338 e. The number of nitrogens with zero attached hydrogens (tertiary/aromatic N) is 1. The molecule has 1 N–H and O–H groups in total. The number of esters is 1. The molecule has 0 unspecified atom stereocenters. The summed E-state index contributed by atoms with van der Waals surface area (Å²) in [6.45, 7) is 5.37. The molecule has 2 aromatic carbocycles. The fourth-order valence-electron chi connectivity index (χ4n) is 1.98. The summed E-state index contributed by atoms with van der Waals surface area (Å²) in [7, 11) is 0. The standard InChI is InChI=1S/C17H17ClN2O4/c1-17(2,3)24-16(21)11-7-9-12(10-8-11)19-14-6-4-5-13(18)15(14)20(22)23/h4-10,19H,1-3H3. The molecule has 24 heavy (non-hydrogen) atoms. The Hall–Kier alpha value is -2.60. The fourth-order valence-corrected chi connectivity index (χ4v) is 2.23. The highest BCUT2D eigenvalue weighted by Gasteiger charge is 2.19. The fraction of sp³-hybridized carbons (Fsp3) is 0.235. The van der Waals surface area contributed by atoms with E-state index in [-0.39, 0.29) is 16.4 Å². The number of para-hydroxylation sites is 1. The molecule has 7 heteroatoms. The zero-order valence-corrected chi connectivity index (χ0v) is 14.3. The van der Waals surface area contributed by atoms with Crippen LogP contribution in [0.4, 0.5) is 17.1 Å². The molecule has 0 aliphatic heterocycles. The molecule has 6 nitrogen and oxygen atoms in total. The number of halogens is 1. The van der Waals surface area contributed by atoms with Gasteiger partial charge in [-0.05, 0) is 57.2 Å². The van der Waals surface area contributed by atoms with Gasteiger partial charge < -0.3 is 10.1 Å². The van der Waals surface area contributed by atoms with Crippen LogP contribution in [0.15, 0.2) is 42.5 Å². The predicted octanol–water partition coefficient (Wildman–Crippen LogP) is 4.95. The van der Waals surface area contributed by atoms with E-state index in [1.807, 2.05) is 0 Å². The van der Waals surface area contributed by atoms with Crippen LogP contribution < -0.4 is 5.32 Å². The Bertz CT molecular complexity index is 767. The Kier molecular flexibility index (Phi) is 5.09. The maximum absolute atomic E-state index is 12.0. The first-order valence-corrected chi connectivity index (χ1v) is 7.58. The summed E-state index contributed by atoms with van der Waals surface area (Å²) in [6, 6.07) is 11.1. The molecule has 0 heterocycles. The number of nitro benzene ring substituents is 1. The Balaban J connectivity index is 2.20. The second-order valence-electron chi connectivity index (χ2n) is 6.10. The number of carbonyl (C=O) groups is 1. The number of carbonyl (C=O) groups excluding carboxylic acids is 1. The van der Waals surface area contributed by atoms with Crippen LogP contribution in [-0.4, -0.2) is 16.5 Å². The van der Waals surface area contributed by atoms with Crippen molar-refractivity contribution in [1.29, 1.82) is 0 Å². The highest BCUT2D eigenvalue weighted by Crippen LogP contribution is 2.34. The largest absolute Gasteiger partial charge is 0.456 e. The molecule has 0 bridgehead atoms. The molecule has 0 fully saturated rings. The number of nitrogens with one attached hydrogen (secondary N) is 1. The van der Waals surface area contributed by atoms with Crippen molar-refractivity contribution in [2.75, 3.05) is 5.32 Å². The second-order valence-corrected chi connectivity index (χ2v) is 6.50. The molecule has 0 aliphatic rings. The lowest BCUT2D eigenvalue weighted by molar-refractivity contribution is -0.383. The molecule has 0 aliphatic carbocycles. The molecule has 0 atom stereocenters. The minimum atomic E-state index is -0.574. The maximum Gasteiger partial charge on any atom is 0.338 e. The minimum Gasteiger partial charge on any atom is -0.456 e. The van der Waals surface area contributed by atoms with Crippen LogP contribution in [0.1, 0.15) is 31.1 Å². The highest BCUT2D eigenvalue weighted by atomic mass is 35.5. The molecule has 0 radical (unpaired) electrons. The van der Waals surface area contributed by atoms with Crippen molar-refractivity contribution >= 4 is 34.6 Å². The van der Waals surface area contributed by atoms with Gasteiger partial charge in [0, 0.05) is 5.69 Å². The van der Waals surface area contributed by atoms with E-state index in [9.17, 15) is 14.9 Å². The van der Waals surface area contributed by atoms with Crippen LogP contribution in [-0.2, 0) is 4.74 Å². The number of ether oxygens (including phenoxy) is 1. The number of rotatable bonds is 4. The number of anilines is 2. The molecule has 0 aromatic heterocycles. The van der Waals surface area contributed by atoms with Crippen LogP contribution >= 0.6 is 11.6 Å². The van der Waals surface area contributed by atoms with Gasteiger partial charge in [-0.1, -0.05) is 17.7 Å². The van der Waals surface area contributed by atoms with E-state index in [4.69, 9.17) is 16.3 Å². The number of hydrogen-bond acceptors (Lipinski definition) is 5. The van der Waals surface area contributed by atoms with Crippen molar-refractivity contribution in [3.05, 3.63) is 63.2 Å². The summed E-state index contributed by atoms with van der Waals surface area (Å²) in [5.74, 6) is -0.428. The Labute approximate surface area is 144 Å². The molecular weight excluding hydrogens is 332 g/mol. The van der Waals surface area contributed by atoms with Gasteiger partial charge in [-0.2, -0.15) is 0 Å². The van der Waals surface area contributed by atoms with Gasteiger partial charge in [-0.25, -0.2) is 4.79 Å². The van der Waals surface area contributed by atoms with Crippen LogP contribution in [0.5, 0.6) is 0 Å². The summed E-state index contributed by atoms with van der Waals surface area (Å²) >= 11 is 5.88. The lowest BCUT2D eigenvalue weighted by Gasteiger charge is -2.19. The minimum absolute atomic E-state index is 0.0513. The van der Waals surface area contributed by atoms with Gasteiger partial charge >= 0.3 is 11.7 Å². The zero-order chi connectivity index (χ0) is 17.9. The molecule has 2 rings (SSSR count). The molecule has 0 amide bonds. The van der Waals surface area contributed by atoms with Crippen LogP contribution in [0.2, 0.25) is 5.02 Å². The van der Waals surface area contributed by atoms with Gasteiger partial charge in [0.1, 0.15) is 16.3 Å². The molecule has 2 aromatic rings. The highest BCUT2D eigenvalue weighted by molar-refractivity contribution is 6.33. The van der Waals surface area contributed by atoms with E-state index >= 15 is 0 Å². The Morgan fingerprint density at radius 3 is 2.33 bits per heavy atom. The van der Waals surface area contributed by atoms with E-state index in [1.54, 1.807) is 57.2 Å². The molecule has 0 saturated carbocycles. The summed E-state index contributed by atoms with van der Waals surface area (Å²) in [4.78, 5) is 22.6. The number of nitro groups is 1. The van der Waals surface area contributed by atoms with E-state index in [1.165, 1.54) is 6.07 Å². The third kappa shape index (κ3) is 4.45. The van der Waals surface area contributed by atoms with Crippen molar-refractivity contribution < 1.29 is 14.5 Å². The normalized spacial score (nSPS) is 11.0. The van der Waals surface area contributed by atoms with Crippen LogP contribution in [0.25, 0.3) is 0 Å². The van der Waals surface area contributed by atoms with Crippen molar-refractivity contribution in [3.63, 3.8) is 0 Å². The first kappa shape index (κ1) is 17.7. The number of hydrogen-bond donors (Lipinski definition) is 1. The second kappa shape index (κ2) is 6.88. The maximum atomic E-state index is 12.0. The zero-order valence-electron chi connectivity index (χ0n) is 13.5. The van der Waals surface area contributed by atoms with Crippen LogP contribution in [0.3, 0.4) is 0 Å². The van der Waals surface area contributed by atoms with Crippen molar-refractivity contribution in [2.24, 2.45) is 0 Å². The molecular formula is C17H17ClN2O4. The third-order valence-corrected chi connectivity index (χ3v) is 3.27. The summed E-state index contributed by atoms with van der Waals surface area (Å²) in [5.41, 5.74) is 0.492. The predicted molar refractivity (Wildman–Crippen MR) is 93.0 cm³/mol. The molecule has 0 spiro atoms. The quantitative estimate of drug-likeness (QED) is 0.480. The third-order valence-electron chi connectivity index (χ3n) is 2.97. The lowest BCUT2D eigenvalue weighted by atomic mass is 10.1. The van der Waals surface area contributed by atoms with E-state index < -0.39 is 16.5 Å². The average Bonchev–Trinajstić information content (AvgIpc) is 2.45. The Morgan fingerprint density at radius 1 is 1.17 bits per heavy atom. The van der Waals surface area contributed by atoms with Gasteiger partial charge in [0.05, 0.1) is 10.5 Å². The van der Waals surface area contributed by atoms with Gasteiger partial charge in [-0.3, -0.25) is 10.1 Å². The average molecular weight is 349 g/mol. The van der Waals surface area contributed by atoms with Gasteiger partial charge in [0.2, 0.25) is 0 Å². The topological polar surface area (TPSA) is 81.5 Å². The summed E-state index contributed by atoms with van der Waals surface area (Å²) in [6.07, 6.45) is 0. The number of benzene rings is 2. The lowest BCUT2D eigenvalue weighted by Crippen LogP contribution is -2.23. The first-order chi connectivity index (χ1) is 11.2. The van der Waals surface area contributed by atoms with Crippen molar-refractivity contribution in [3.8, 4) is 0 Å². The van der Waals surface area contributed by atoms with Crippen molar-refractivity contribution in [2.45, 2.75) is 26.4 Å². The van der Waals surface area contributed by atoms with Gasteiger partial charge in [0.25, 0.3) is 0 Å². The van der Waals surface area contributed by atoms with E-state index in [2.05, 4.69) is 5.32 Å². The Morgan fingerprint density at radius 2 is 1.79 bits per heavy atom. The SMILES string of the molecule is CC(C)(C)OC(=O)c1ccc(Nc2cccc(Cl)c2[N+](=O)[O-])cc1. The van der Waals surface area contributed by atoms with Crippen LogP contribution in [0, 0.1) is 10.1 Å².